The third kappa shape index (κ3) is 15.4. The molecule has 0 rings (SSSR count). The van der Waals surface area contributed by atoms with Gasteiger partial charge in [-0.25, -0.2) is 0 Å². The van der Waals surface area contributed by atoms with Gasteiger partial charge in [0.1, 0.15) is 0 Å². The third-order valence-corrected chi connectivity index (χ3v) is 4.05. The van der Waals surface area contributed by atoms with Crippen LogP contribution in [0.5, 0.6) is 0 Å². The molecule has 3 nitrogen and oxygen atoms in total. The van der Waals surface area contributed by atoms with Gasteiger partial charge in [-0.3, -0.25) is 0 Å². The molecule has 0 bridgehead atoms. The van der Waals surface area contributed by atoms with Crippen LogP contribution in [0.2, 0.25) is 0 Å². The molecular weight excluding hydrogens is 242 g/mol. The average molecular weight is 269 g/mol. The van der Waals surface area contributed by atoms with Crippen LogP contribution in [0.3, 0.4) is 0 Å². The van der Waals surface area contributed by atoms with Gasteiger partial charge in [-0.05, 0) is 62.3 Å². The summed E-state index contributed by atoms with van der Waals surface area (Å²) in [5.74, 6) is 0. The molecule has 0 atom stereocenters. The van der Waals surface area contributed by atoms with Crippen molar-refractivity contribution < 1.29 is 11.4 Å². The number of rotatable bonds is 3. The second kappa shape index (κ2) is 7.26. The van der Waals surface area contributed by atoms with Gasteiger partial charge in [0.2, 0.25) is 0 Å². The largest absolute Gasteiger partial charge is 0.906 e. The summed E-state index contributed by atoms with van der Waals surface area (Å²) in [5, 5.41) is 0. The van der Waals surface area contributed by atoms with Crippen LogP contribution in [0.4, 0.5) is 0 Å². The van der Waals surface area contributed by atoms with E-state index in [1.807, 2.05) is 62.3 Å². The summed E-state index contributed by atoms with van der Waals surface area (Å²) < 4.78 is 17.7. The van der Waals surface area contributed by atoms with E-state index in [1.54, 1.807) is 0 Å². The first-order valence-electron chi connectivity index (χ1n) is 5.82. The van der Waals surface area contributed by atoms with Crippen molar-refractivity contribution in [3.8, 4) is 0 Å². The third-order valence-electron chi connectivity index (χ3n) is 1.35. The zero-order valence-electron chi connectivity index (χ0n) is 13.3. The van der Waals surface area contributed by atoms with E-state index in [0.29, 0.717) is 0 Å². The van der Waals surface area contributed by atoms with Crippen molar-refractivity contribution in [2.24, 2.45) is 0 Å². The molecule has 0 unspecified atom stereocenters. The number of hydrogen-bond donors (Lipinski definition) is 0. The normalized spacial score (nSPS) is 13.2. The Hall–Kier alpha value is 1.41. The summed E-state index contributed by atoms with van der Waals surface area (Å²) >= 11 is -2.11. The van der Waals surface area contributed by atoms with Gasteiger partial charge in [0, 0.05) is 46.4 Å². The van der Waals surface area contributed by atoms with Gasteiger partial charge in [0.15, 0.2) is 0 Å². The second-order valence-electron chi connectivity index (χ2n) is 6.98. The van der Waals surface area contributed by atoms with Crippen LogP contribution < -0.4 is 0 Å². The first-order valence-corrected chi connectivity index (χ1v) is 7.23. The summed E-state index contributed by atoms with van der Waals surface area (Å²) in [5.41, 5.74) is -0.686. The molecule has 97 valence electrons. The summed E-state index contributed by atoms with van der Waals surface area (Å²) in [6, 6.07) is 0. The Kier molecular flexibility index (Phi) is 8.85. The Balaban J connectivity index is 0. The van der Waals surface area contributed by atoms with Crippen molar-refractivity contribution in [3.05, 3.63) is 0 Å². The minimum absolute atomic E-state index is 0. The maximum Gasteiger partial charge on any atom is 0.906 e. The molecule has 0 aliphatic heterocycles. The van der Waals surface area contributed by atoms with E-state index in [1.165, 1.54) is 0 Å². The Morgan fingerprint density at radius 3 is 0.824 bits per heavy atom. The molecule has 0 aromatic rings. The molecular formula is C12H27AlNaO3. The molecule has 0 aromatic heterocycles. The van der Waals surface area contributed by atoms with Crippen LogP contribution in [0.15, 0.2) is 0 Å². The van der Waals surface area contributed by atoms with Crippen molar-refractivity contribution in [2.45, 2.75) is 79.1 Å². The first-order chi connectivity index (χ1) is 6.79. The van der Waals surface area contributed by atoms with E-state index < -0.39 is 15.1 Å². The maximum atomic E-state index is 5.88. The van der Waals surface area contributed by atoms with Crippen LogP contribution in [-0.4, -0.2) is 61.5 Å². The van der Waals surface area contributed by atoms with E-state index in [4.69, 9.17) is 11.4 Å². The minimum Gasteiger partial charge on any atom is -0.450 e. The number of hydrogen-bond acceptors (Lipinski definition) is 3. The summed E-state index contributed by atoms with van der Waals surface area (Å²) in [6.45, 7) is 18.2. The van der Waals surface area contributed by atoms with E-state index >= 15 is 0 Å². The van der Waals surface area contributed by atoms with Crippen molar-refractivity contribution in [1.82, 2.24) is 0 Å². The van der Waals surface area contributed by atoms with E-state index in [9.17, 15) is 0 Å². The Labute approximate surface area is 134 Å². The molecule has 0 aliphatic rings. The minimum atomic E-state index is -2.11. The van der Waals surface area contributed by atoms with Gasteiger partial charge in [-0.2, -0.15) is 0 Å². The van der Waals surface area contributed by atoms with Crippen LogP contribution in [0.1, 0.15) is 62.3 Å². The molecule has 17 heavy (non-hydrogen) atoms. The monoisotopic (exact) mass is 269 g/mol. The van der Waals surface area contributed by atoms with Gasteiger partial charge in [-0.15, -0.1) is 0 Å². The van der Waals surface area contributed by atoms with E-state index in [-0.39, 0.29) is 46.4 Å². The molecule has 0 aliphatic carbocycles. The fourth-order valence-corrected chi connectivity index (χ4v) is 2.81. The topological polar surface area (TPSA) is 27.7 Å². The molecule has 0 spiro atoms. The zero-order chi connectivity index (χ0) is 13.2. The summed E-state index contributed by atoms with van der Waals surface area (Å²) in [7, 11) is 0. The first kappa shape index (κ1) is 20.7. The molecule has 0 saturated heterocycles. The molecule has 0 heterocycles. The van der Waals surface area contributed by atoms with Gasteiger partial charge >= 0.3 is 15.1 Å². The SMILES string of the molecule is CC(C)(C)[O][Al]([O]C(C)(C)C)[O]C(C)(C)C.[Na]. The smallest absolute Gasteiger partial charge is 0.450 e. The molecule has 5 heteroatoms. The fraction of sp³-hybridized carbons (Fsp3) is 1.00. The molecule has 1 radical (unpaired) electrons. The zero-order valence-corrected chi connectivity index (χ0v) is 16.5. The summed E-state index contributed by atoms with van der Waals surface area (Å²) in [4.78, 5) is 0. The second-order valence-corrected chi connectivity index (χ2v) is 8.26. The predicted octanol–water partition coefficient (Wildman–Crippen LogP) is 3.04. The van der Waals surface area contributed by atoms with Gasteiger partial charge in [0.05, 0.1) is 0 Å². The van der Waals surface area contributed by atoms with Crippen molar-refractivity contribution >= 4 is 44.7 Å². The average Bonchev–Trinajstić information content (AvgIpc) is 1.70. The van der Waals surface area contributed by atoms with Gasteiger partial charge in [-0.1, -0.05) is 0 Å². The Morgan fingerprint density at radius 2 is 0.706 bits per heavy atom. The van der Waals surface area contributed by atoms with Crippen LogP contribution in [0, 0.1) is 0 Å². The van der Waals surface area contributed by atoms with E-state index in [2.05, 4.69) is 0 Å². The Bertz CT molecular complexity index is 175. The van der Waals surface area contributed by atoms with Crippen molar-refractivity contribution in [1.29, 1.82) is 0 Å². The van der Waals surface area contributed by atoms with Crippen LogP contribution in [0.25, 0.3) is 0 Å². The van der Waals surface area contributed by atoms with Crippen LogP contribution in [-0.2, 0) is 11.4 Å². The van der Waals surface area contributed by atoms with Crippen molar-refractivity contribution in [2.75, 3.05) is 0 Å². The summed E-state index contributed by atoms with van der Waals surface area (Å²) in [6.07, 6.45) is 0. The molecule has 0 aromatic carbocycles. The quantitative estimate of drug-likeness (QED) is 0.737. The molecule has 0 saturated carbocycles. The molecule has 0 N–H and O–H groups in total. The van der Waals surface area contributed by atoms with Crippen molar-refractivity contribution in [3.63, 3.8) is 0 Å². The van der Waals surface area contributed by atoms with Gasteiger partial charge in [0.25, 0.3) is 0 Å². The Morgan fingerprint density at radius 1 is 0.529 bits per heavy atom. The maximum absolute atomic E-state index is 5.88. The molecule has 0 amide bonds. The molecule has 0 fully saturated rings. The predicted molar refractivity (Wildman–Crippen MR) is 74.0 cm³/mol. The van der Waals surface area contributed by atoms with Gasteiger partial charge < -0.3 is 11.4 Å². The fourth-order valence-electron chi connectivity index (χ4n) is 0.938. The standard InChI is InChI=1S/3C4H9O.Al.Na/c3*1-4(2,3)5;;/h3*1-3H3;;/q3*-1;+3;. The van der Waals surface area contributed by atoms with E-state index in [0.717, 1.165) is 0 Å². The van der Waals surface area contributed by atoms with Crippen LogP contribution >= 0.6 is 0 Å².